The molecule has 0 radical (unpaired) electrons. The Morgan fingerprint density at radius 2 is 1.88 bits per heavy atom. The third-order valence-corrected chi connectivity index (χ3v) is 3.44. The van der Waals surface area contributed by atoms with Crippen molar-refractivity contribution in [2.24, 2.45) is 7.05 Å². The third-order valence-electron chi connectivity index (χ3n) is 2.99. The van der Waals surface area contributed by atoms with Crippen LogP contribution in [0.25, 0.3) is 0 Å². The van der Waals surface area contributed by atoms with Gasteiger partial charge < -0.3 is 5.32 Å². The molecule has 0 saturated heterocycles. The zero-order valence-electron chi connectivity index (χ0n) is 12.7. The Labute approximate surface area is 140 Å². The number of hydrogen-bond donors (Lipinski definition) is 3. The molecule has 10 nitrogen and oxygen atoms in total. The van der Waals surface area contributed by atoms with Gasteiger partial charge in [0.2, 0.25) is 0 Å². The fourth-order valence-electron chi connectivity index (χ4n) is 1.88. The number of nitro groups is 1. The van der Waals surface area contributed by atoms with Crippen LogP contribution < -0.4 is 16.2 Å². The van der Waals surface area contributed by atoms with Gasteiger partial charge in [0.05, 0.1) is 15.6 Å². The van der Waals surface area contributed by atoms with E-state index in [1.807, 2.05) is 0 Å². The SMILES string of the molecule is Cc1nn(C)c(C(=O)NNC(=O)Nc2ccc([N+](=O)[O-])cc2)c1Cl. The monoisotopic (exact) mass is 352 g/mol. The summed E-state index contributed by atoms with van der Waals surface area (Å²) in [5.74, 6) is -0.637. The zero-order chi connectivity index (χ0) is 17.9. The molecule has 1 heterocycles. The van der Waals surface area contributed by atoms with E-state index in [9.17, 15) is 19.7 Å². The van der Waals surface area contributed by atoms with E-state index in [-0.39, 0.29) is 16.4 Å². The van der Waals surface area contributed by atoms with Crippen LogP contribution in [0.5, 0.6) is 0 Å². The molecule has 2 rings (SSSR count). The van der Waals surface area contributed by atoms with Crippen LogP contribution in [0.1, 0.15) is 16.2 Å². The van der Waals surface area contributed by atoms with Crippen molar-refractivity contribution in [1.82, 2.24) is 20.6 Å². The number of hydrazine groups is 1. The number of rotatable bonds is 3. The van der Waals surface area contributed by atoms with Crippen LogP contribution in [0, 0.1) is 17.0 Å². The summed E-state index contributed by atoms with van der Waals surface area (Å²) in [5.41, 5.74) is 5.14. The number of nitro benzene ring substituents is 1. The Hall–Kier alpha value is -3.14. The van der Waals surface area contributed by atoms with Gasteiger partial charge in [0.25, 0.3) is 11.6 Å². The van der Waals surface area contributed by atoms with E-state index in [1.165, 1.54) is 28.9 Å². The molecule has 2 aromatic rings. The highest BCUT2D eigenvalue weighted by molar-refractivity contribution is 6.34. The number of nitrogens with zero attached hydrogens (tertiary/aromatic N) is 3. The van der Waals surface area contributed by atoms with Crippen LogP contribution in [-0.4, -0.2) is 26.6 Å². The second kappa shape index (κ2) is 6.96. The number of carbonyl (C=O) groups is 2. The van der Waals surface area contributed by atoms with Crippen molar-refractivity contribution in [2.75, 3.05) is 5.32 Å². The quantitative estimate of drug-likeness (QED) is 0.572. The summed E-state index contributed by atoms with van der Waals surface area (Å²) in [4.78, 5) is 33.7. The first-order valence-electron chi connectivity index (χ1n) is 6.60. The van der Waals surface area contributed by atoms with Crippen molar-refractivity contribution in [3.63, 3.8) is 0 Å². The fourth-order valence-corrected chi connectivity index (χ4v) is 2.13. The first-order valence-corrected chi connectivity index (χ1v) is 6.98. The highest BCUT2D eigenvalue weighted by Gasteiger charge is 2.19. The molecule has 0 aliphatic heterocycles. The molecular formula is C13H13ClN6O4. The van der Waals surface area contributed by atoms with Gasteiger partial charge in [-0.25, -0.2) is 10.2 Å². The lowest BCUT2D eigenvalue weighted by atomic mass is 10.3. The van der Waals surface area contributed by atoms with Gasteiger partial charge in [0, 0.05) is 24.9 Å². The predicted molar refractivity (Wildman–Crippen MR) is 85.7 cm³/mol. The molecule has 0 aliphatic carbocycles. The second-order valence-corrected chi connectivity index (χ2v) is 5.09. The maximum Gasteiger partial charge on any atom is 0.337 e. The number of carbonyl (C=O) groups excluding carboxylic acids is 2. The molecule has 11 heteroatoms. The highest BCUT2D eigenvalue weighted by Crippen LogP contribution is 2.19. The van der Waals surface area contributed by atoms with Gasteiger partial charge in [-0.3, -0.25) is 25.0 Å². The summed E-state index contributed by atoms with van der Waals surface area (Å²) in [7, 11) is 1.55. The minimum Gasteiger partial charge on any atom is -0.307 e. The summed E-state index contributed by atoms with van der Waals surface area (Å²) >= 11 is 5.97. The number of hydrogen-bond acceptors (Lipinski definition) is 5. The number of anilines is 1. The largest absolute Gasteiger partial charge is 0.337 e. The third kappa shape index (κ3) is 3.79. The number of nitrogens with one attached hydrogen (secondary N) is 3. The molecule has 0 unspecified atom stereocenters. The van der Waals surface area contributed by atoms with Gasteiger partial charge in [0.1, 0.15) is 5.69 Å². The smallest absolute Gasteiger partial charge is 0.307 e. The molecule has 1 aromatic heterocycles. The van der Waals surface area contributed by atoms with Crippen LogP contribution in [0.2, 0.25) is 5.02 Å². The number of aromatic nitrogens is 2. The summed E-state index contributed by atoms with van der Waals surface area (Å²) < 4.78 is 1.29. The van der Waals surface area contributed by atoms with E-state index < -0.39 is 16.9 Å². The van der Waals surface area contributed by atoms with E-state index in [0.29, 0.717) is 11.4 Å². The lowest BCUT2D eigenvalue weighted by Crippen LogP contribution is -2.44. The summed E-state index contributed by atoms with van der Waals surface area (Å²) in [6.07, 6.45) is 0. The molecule has 0 aliphatic rings. The number of aryl methyl sites for hydroxylation is 2. The minimum atomic E-state index is -0.729. The van der Waals surface area contributed by atoms with Crippen molar-refractivity contribution in [3.8, 4) is 0 Å². The molecule has 126 valence electrons. The first kappa shape index (κ1) is 17.2. The summed E-state index contributed by atoms with van der Waals surface area (Å²) in [5, 5.41) is 17.1. The van der Waals surface area contributed by atoms with Crippen LogP contribution in [0.3, 0.4) is 0 Å². The normalized spacial score (nSPS) is 10.1. The molecule has 1 aromatic carbocycles. The van der Waals surface area contributed by atoms with Gasteiger partial charge >= 0.3 is 6.03 Å². The molecular weight excluding hydrogens is 340 g/mol. The van der Waals surface area contributed by atoms with Crippen molar-refractivity contribution >= 4 is 34.9 Å². The Morgan fingerprint density at radius 1 is 1.25 bits per heavy atom. The molecule has 24 heavy (non-hydrogen) atoms. The maximum atomic E-state index is 12.0. The van der Waals surface area contributed by atoms with Crippen LogP contribution in [0.4, 0.5) is 16.2 Å². The van der Waals surface area contributed by atoms with Crippen molar-refractivity contribution in [2.45, 2.75) is 6.92 Å². The van der Waals surface area contributed by atoms with E-state index in [2.05, 4.69) is 21.3 Å². The Balaban J connectivity index is 1.93. The van der Waals surface area contributed by atoms with Crippen molar-refractivity contribution in [1.29, 1.82) is 0 Å². The lowest BCUT2D eigenvalue weighted by molar-refractivity contribution is -0.384. The number of amides is 3. The van der Waals surface area contributed by atoms with E-state index >= 15 is 0 Å². The lowest BCUT2D eigenvalue weighted by Gasteiger charge is -2.09. The molecule has 0 atom stereocenters. The van der Waals surface area contributed by atoms with Gasteiger partial charge in [0.15, 0.2) is 0 Å². The predicted octanol–water partition coefficient (Wildman–Crippen LogP) is 1.76. The molecule has 3 amide bonds. The zero-order valence-corrected chi connectivity index (χ0v) is 13.4. The van der Waals surface area contributed by atoms with E-state index in [1.54, 1.807) is 14.0 Å². The standard InChI is InChI=1S/C13H13ClN6O4/c1-7-10(14)11(19(2)18-7)12(21)16-17-13(22)15-8-3-5-9(6-4-8)20(23)24/h3-6H,1-2H3,(H,16,21)(H2,15,17,22). The van der Waals surface area contributed by atoms with Gasteiger partial charge in [-0.2, -0.15) is 5.10 Å². The van der Waals surface area contributed by atoms with Crippen molar-refractivity contribution in [3.05, 3.63) is 50.8 Å². The maximum absolute atomic E-state index is 12.0. The van der Waals surface area contributed by atoms with Gasteiger partial charge in [-0.05, 0) is 19.1 Å². The topological polar surface area (TPSA) is 131 Å². The molecule has 0 bridgehead atoms. The summed E-state index contributed by atoms with van der Waals surface area (Å²) in [6, 6.07) is 4.48. The molecule has 0 fully saturated rings. The summed E-state index contributed by atoms with van der Waals surface area (Å²) in [6.45, 7) is 1.65. The van der Waals surface area contributed by atoms with Gasteiger partial charge in [-0.15, -0.1) is 0 Å². The van der Waals surface area contributed by atoms with E-state index in [4.69, 9.17) is 11.6 Å². The first-order chi connectivity index (χ1) is 11.3. The van der Waals surface area contributed by atoms with Crippen LogP contribution in [-0.2, 0) is 7.05 Å². The van der Waals surface area contributed by atoms with Crippen molar-refractivity contribution < 1.29 is 14.5 Å². The molecule has 0 spiro atoms. The second-order valence-electron chi connectivity index (χ2n) is 4.71. The number of benzene rings is 1. The van der Waals surface area contributed by atoms with Crippen LogP contribution in [0.15, 0.2) is 24.3 Å². The van der Waals surface area contributed by atoms with Gasteiger partial charge in [-0.1, -0.05) is 11.6 Å². The minimum absolute atomic E-state index is 0.101. The Morgan fingerprint density at radius 3 is 2.38 bits per heavy atom. The molecule has 3 N–H and O–H groups in total. The number of urea groups is 1. The highest BCUT2D eigenvalue weighted by atomic mass is 35.5. The fraction of sp³-hybridized carbons (Fsp3) is 0.154. The number of halogens is 1. The number of non-ortho nitro benzene ring substituents is 1. The average molecular weight is 353 g/mol. The average Bonchev–Trinajstić information content (AvgIpc) is 2.78. The van der Waals surface area contributed by atoms with E-state index in [0.717, 1.165) is 0 Å². The molecule has 0 saturated carbocycles. The Bertz CT molecular complexity index is 802. The van der Waals surface area contributed by atoms with Crippen LogP contribution >= 0.6 is 11.6 Å². The Kier molecular flexibility index (Phi) is 4.99.